The van der Waals surface area contributed by atoms with Crippen LogP contribution in [0.3, 0.4) is 0 Å². The summed E-state index contributed by atoms with van der Waals surface area (Å²) in [7, 11) is 1.41. The molecule has 2 rings (SSSR count). The number of ether oxygens (including phenoxy) is 2. The number of halogens is 1. The standard InChI is InChI=1S/C16H15ClN2O5/c1-10-12(17)4-3-5-13(10)18-16(20)9-24-15-8-11(19(21)22)6-7-14(15)23-2/h3-8H,9H2,1-2H3,(H,18,20). The Morgan fingerprint density at radius 1 is 1.29 bits per heavy atom. The molecule has 0 fully saturated rings. The maximum absolute atomic E-state index is 12.0. The van der Waals surface area contributed by atoms with Gasteiger partial charge in [0.1, 0.15) is 0 Å². The van der Waals surface area contributed by atoms with E-state index >= 15 is 0 Å². The molecule has 0 atom stereocenters. The van der Waals surface area contributed by atoms with Crippen molar-refractivity contribution in [3.05, 3.63) is 57.1 Å². The van der Waals surface area contributed by atoms with Crippen molar-refractivity contribution in [3.63, 3.8) is 0 Å². The molecule has 8 heteroatoms. The number of methoxy groups -OCH3 is 1. The fraction of sp³-hybridized carbons (Fsp3) is 0.188. The Morgan fingerprint density at radius 3 is 2.71 bits per heavy atom. The lowest BCUT2D eigenvalue weighted by Gasteiger charge is -2.12. The van der Waals surface area contributed by atoms with E-state index in [4.69, 9.17) is 21.1 Å². The van der Waals surface area contributed by atoms with Gasteiger partial charge < -0.3 is 14.8 Å². The van der Waals surface area contributed by atoms with Gasteiger partial charge >= 0.3 is 0 Å². The molecule has 0 aliphatic rings. The number of benzene rings is 2. The SMILES string of the molecule is COc1ccc([N+](=O)[O-])cc1OCC(=O)Nc1cccc(Cl)c1C. The number of nitro groups is 1. The van der Waals surface area contributed by atoms with Crippen LogP contribution in [-0.2, 0) is 4.79 Å². The molecule has 126 valence electrons. The van der Waals surface area contributed by atoms with Gasteiger partial charge in [-0.05, 0) is 30.7 Å². The lowest BCUT2D eigenvalue weighted by molar-refractivity contribution is -0.385. The molecule has 1 N–H and O–H groups in total. The van der Waals surface area contributed by atoms with Crippen LogP contribution in [0.1, 0.15) is 5.56 Å². The van der Waals surface area contributed by atoms with Crippen molar-refractivity contribution in [2.45, 2.75) is 6.92 Å². The normalized spacial score (nSPS) is 10.1. The zero-order valence-corrected chi connectivity index (χ0v) is 13.8. The van der Waals surface area contributed by atoms with Crippen LogP contribution < -0.4 is 14.8 Å². The third-order valence-electron chi connectivity index (χ3n) is 3.26. The number of hydrogen-bond donors (Lipinski definition) is 1. The van der Waals surface area contributed by atoms with Crippen LogP contribution in [0.25, 0.3) is 0 Å². The first-order chi connectivity index (χ1) is 11.4. The number of nitrogens with zero attached hydrogens (tertiary/aromatic N) is 1. The minimum atomic E-state index is -0.554. The van der Waals surface area contributed by atoms with E-state index in [1.807, 2.05) is 0 Å². The number of amides is 1. The number of carbonyl (C=O) groups excluding carboxylic acids is 1. The monoisotopic (exact) mass is 350 g/mol. The average molecular weight is 351 g/mol. The minimum Gasteiger partial charge on any atom is -0.493 e. The number of carbonyl (C=O) groups is 1. The zero-order valence-electron chi connectivity index (χ0n) is 13.0. The number of nitrogens with one attached hydrogen (secondary N) is 1. The van der Waals surface area contributed by atoms with Gasteiger partial charge in [-0.2, -0.15) is 0 Å². The van der Waals surface area contributed by atoms with Gasteiger partial charge in [0, 0.05) is 16.8 Å². The van der Waals surface area contributed by atoms with Crippen molar-refractivity contribution in [3.8, 4) is 11.5 Å². The van der Waals surface area contributed by atoms with Crippen molar-refractivity contribution in [1.82, 2.24) is 0 Å². The summed E-state index contributed by atoms with van der Waals surface area (Å²) in [6, 6.07) is 9.06. The quantitative estimate of drug-likeness (QED) is 0.635. The molecule has 2 aromatic rings. The Balaban J connectivity index is 2.07. The fourth-order valence-corrected chi connectivity index (χ4v) is 2.14. The number of nitro benzene ring substituents is 1. The number of non-ortho nitro benzene ring substituents is 1. The Labute approximate surface area is 143 Å². The molecule has 0 spiro atoms. The van der Waals surface area contributed by atoms with E-state index in [9.17, 15) is 14.9 Å². The van der Waals surface area contributed by atoms with Gasteiger partial charge in [-0.15, -0.1) is 0 Å². The highest BCUT2D eigenvalue weighted by atomic mass is 35.5. The molecule has 0 radical (unpaired) electrons. The maximum Gasteiger partial charge on any atom is 0.273 e. The van der Waals surface area contributed by atoms with E-state index in [2.05, 4.69) is 5.32 Å². The van der Waals surface area contributed by atoms with E-state index in [0.29, 0.717) is 16.5 Å². The van der Waals surface area contributed by atoms with Crippen molar-refractivity contribution in [2.24, 2.45) is 0 Å². The highest BCUT2D eigenvalue weighted by Gasteiger charge is 2.14. The molecule has 0 saturated carbocycles. The van der Waals surface area contributed by atoms with Crippen LogP contribution in [0.2, 0.25) is 5.02 Å². The van der Waals surface area contributed by atoms with E-state index in [0.717, 1.165) is 5.56 Å². The lowest BCUT2D eigenvalue weighted by atomic mass is 10.2. The molecular formula is C16H15ClN2O5. The first-order valence-corrected chi connectivity index (χ1v) is 7.30. The summed E-state index contributed by atoms with van der Waals surface area (Å²) in [5, 5.41) is 14.0. The van der Waals surface area contributed by atoms with Crippen LogP contribution in [-0.4, -0.2) is 24.5 Å². The second-order valence-electron chi connectivity index (χ2n) is 4.84. The molecule has 0 aromatic heterocycles. The third-order valence-corrected chi connectivity index (χ3v) is 3.67. The zero-order chi connectivity index (χ0) is 17.7. The van der Waals surface area contributed by atoms with Gasteiger partial charge in [-0.1, -0.05) is 17.7 Å². The first kappa shape index (κ1) is 17.6. The first-order valence-electron chi connectivity index (χ1n) is 6.92. The molecular weight excluding hydrogens is 336 g/mol. The number of rotatable bonds is 6. The third kappa shape index (κ3) is 4.14. The lowest BCUT2D eigenvalue weighted by Crippen LogP contribution is -2.20. The Morgan fingerprint density at radius 2 is 2.04 bits per heavy atom. The van der Waals surface area contributed by atoms with Crippen molar-refractivity contribution in [2.75, 3.05) is 19.0 Å². The number of anilines is 1. The summed E-state index contributed by atoms with van der Waals surface area (Å²) in [6.07, 6.45) is 0. The van der Waals surface area contributed by atoms with E-state index < -0.39 is 10.8 Å². The summed E-state index contributed by atoms with van der Waals surface area (Å²) in [6.45, 7) is 1.45. The van der Waals surface area contributed by atoms with Crippen LogP contribution >= 0.6 is 11.6 Å². The molecule has 7 nitrogen and oxygen atoms in total. The number of hydrogen-bond acceptors (Lipinski definition) is 5. The molecule has 0 aliphatic heterocycles. The molecule has 0 saturated heterocycles. The van der Waals surface area contributed by atoms with Crippen molar-refractivity contribution in [1.29, 1.82) is 0 Å². The molecule has 2 aromatic carbocycles. The van der Waals surface area contributed by atoms with Crippen LogP contribution in [0, 0.1) is 17.0 Å². The van der Waals surface area contributed by atoms with Crippen LogP contribution in [0.4, 0.5) is 11.4 Å². The van der Waals surface area contributed by atoms with Crippen LogP contribution in [0.15, 0.2) is 36.4 Å². The maximum atomic E-state index is 12.0. The predicted molar refractivity (Wildman–Crippen MR) is 90.0 cm³/mol. The molecule has 0 bridgehead atoms. The summed E-state index contributed by atoms with van der Waals surface area (Å²) in [5.41, 5.74) is 1.15. The summed E-state index contributed by atoms with van der Waals surface area (Å²) >= 11 is 5.99. The van der Waals surface area contributed by atoms with Gasteiger partial charge in [-0.25, -0.2) is 0 Å². The second kappa shape index (κ2) is 7.65. The van der Waals surface area contributed by atoms with Crippen molar-refractivity contribution < 1.29 is 19.2 Å². The van der Waals surface area contributed by atoms with Crippen molar-refractivity contribution >= 4 is 28.9 Å². The van der Waals surface area contributed by atoms with Gasteiger partial charge in [0.05, 0.1) is 18.1 Å². The molecule has 0 unspecified atom stereocenters. The summed E-state index contributed by atoms with van der Waals surface area (Å²) in [5.74, 6) is -0.00840. The Kier molecular flexibility index (Phi) is 5.59. The van der Waals surface area contributed by atoms with Crippen LogP contribution in [0.5, 0.6) is 11.5 Å². The highest BCUT2D eigenvalue weighted by Crippen LogP contribution is 2.31. The largest absolute Gasteiger partial charge is 0.493 e. The topological polar surface area (TPSA) is 90.7 Å². The van der Waals surface area contributed by atoms with E-state index in [-0.39, 0.29) is 18.0 Å². The molecule has 24 heavy (non-hydrogen) atoms. The minimum absolute atomic E-state index is 0.115. The van der Waals surface area contributed by atoms with E-state index in [1.165, 1.54) is 25.3 Å². The average Bonchev–Trinajstić information content (AvgIpc) is 2.56. The Hall–Kier alpha value is -2.80. The van der Waals surface area contributed by atoms with Gasteiger partial charge in [0.25, 0.3) is 11.6 Å². The van der Waals surface area contributed by atoms with Gasteiger partial charge in [0.2, 0.25) is 0 Å². The molecule has 1 amide bonds. The Bertz CT molecular complexity index is 779. The second-order valence-corrected chi connectivity index (χ2v) is 5.25. The summed E-state index contributed by atoms with van der Waals surface area (Å²) < 4.78 is 10.4. The smallest absolute Gasteiger partial charge is 0.273 e. The van der Waals surface area contributed by atoms with Gasteiger partial charge in [0.15, 0.2) is 18.1 Å². The fourth-order valence-electron chi connectivity index (χ4n) is 1.96. The molecule has 0 aliphatic carbocycles. The van der Waals surface area contributed by atoms with E-state index in [1.54, 1.807) is 25.1 Å². The highest BCUT2D eigenvalue weighted by molar-refractivity contribution is 6.31. The summed E-state index contributed by atoms with van der Waals surface area (Å²) in [4.78, 5) is 22.3. The van der Waals surface area contributed by atoms with Gasteiger partial charge in [-0.3, -0.25) is 14.9 Å². The molecule has 0 heterocycles. The predicted octanol–water partition coefficient (Wildman–Crippen LogP) is 3.58.